The molecule has 64 valence electrons. The summed E-state index contributed by atoms with van der Waals surface area (Å²) >= 11 is 0. The molecule has 0 saturated heterocycles. The highest BCUT2D eigenvalue weighted by atomic mass is 16.7. The van der Waals surface area contributed by atoms with Gasteiger partial charge in [-0.2, -0.15) is 5.90 Å². The summed E-state index contributed by atoms with van der Waals surface area (Å²) in [4.78, 5) is 18.7. The van der Waals surface area contributed by atoms with Gasteiger partial charge in [-0.05, 0) is 6.07 Å². The summed E-state index contributed by atoms with van der Waals surface area (Å²) in [6.07, 6.45) is 2.83. The van der Waals surface area contributed by atoms with E-state index >= 15 is 0 Å². The molecule has 0 unspecified atom stereocenters. The highest BCUT2D eigenvalue weighted by Gasteiger charge is 2.11. The highest BCUT2D eigenvalue weighted by Crippen LogP contribution is 2.15. The Labute approximate surface area is 69.1 Å². The number of rotatable bonds is 2. The molecule has 0 aliphatic rings. The number of hydrogen-bond donors (Lipinski definition) is 1. The largest absolute Gasteiger partial charge is 0.496 e. The van der Waals surface area contributed by atoms with Gasteiger partial charge in [0.1, 0.15) is 11.3 Å². The van der Waals surface area contributed by atoms with Crippen molar-refractivity contribution in [2.24, 2.45) is 5.90 Å². The van der Waals surface area contributed by atoms with Crippen molar-refractivity contribution >= 4 is 5.97 Å². The Morgan fingerprint density at radius 2 is 2.42 bits per heavy atom. The molecule has 1 aromatic heterocycles. The van der Waals surface area contributed by atoms with E-state index in [1.165, 1.54) is 19.5 Å². The maximum atomic E-state index is 10.9. The molecule has 0 radical (unpaired) electrons. The Balaban J connectivity index is 3.04. The second-order valence-electron chi connectivity index (χ2n) is 1.98. The minimum atomic E-state index is -0.667. The summed E-state index contributed by atoms with van der Waals surface area (Å²) in [6, 6.07) is 1.55. The van der Waals surface area contributed by atoms with Gasteiger partial charge in [-0.3, -0.25) is 4.98 Å². The lowest BCUT2D eigenvalue weighted by molar-refractivity contribution is 0.0499. The molecule has 0 bridgehead atoms. The summed E-state index contributed by atoms with van der Waals surface area (Å²) in [7, 11) is 1.45. The normalized spacial score (nSPS) is 9.17. The van der Waals surface area contributed by atoms with Gasteiger partial charge in [0.05, 0.1) is 7.11 Å². The van der Waals surface area contributed by atoms with Gasteiger partial charge in [-0.25, -0.2) is 4.79 Å². The number of carbonyl (C=O) groups is 1. The van der Waals surface area contributed by atoms with Crippen LogP contribution in [0.3, 0.4) is 0 Å². The third-order valence-electron chi connectivity index (χ3n) is 1.33. The molecule has 0 aromatic carbocycles. The predicted molar refractivity (Wildman–Crippen MR) is 40.4 cm³/mol. The summed E-state index contributed by atoms with van der Waals surface area (Å²) in [6.45, 7) is 0. The van der Waals surface area contributed by atoms with Gasteiger partial charge in [0.25, 0.3) is 0 Å². The van der Waals surface area contributed by atoms with Crippen molar-refractivity contribution in [2.75, 3.05) is 7.11 Å². The fourth-order valence-corrected chi connectivity index (χ4v) is 0.776. The SMILES string of the molecule is COc1ccncc1C(=O)ON. The summed E-state index contributed by atoms with van der Waals surface area (Å²) in [5.74, 6) is 4.42. The van der Waals surface area contributed by atoms with E-state index in [0.717, 1.165) is 0 Å². The smallest absolute Gasteiger partial charge is 0.361 e. The maximum absolute atomic E-state index is 10.9. The molecular weight excluding hydrogens is 160 g/mol. The van der Waals surface area contributed by atoms with Crippen LogP contribution in [0.2, 0.25) is 0 Å². The van der Waals surface area contributed by atoms with Crippen molar-refractivity contribution in [3.05, 3.63) is 24.0 Å². The number of carbonyl (C=O) groups excluding carboxylic acids is 1. The lowest BCUT2D eigenvalue weighted by Crippen LogP contribution is -2.11. The molecule has 0 saturated carbocycles. The predicted octanol–water partition coefficient (Wildman–Crippen LogP) is 0.121. The molecule has 5 heteroatoms. The number of ether oxygens (including phenoxy) is 1. The number of methoxy groups -OCH3 is 1. The maximum Gasteiger partial charge on any atom is 0.361 e. The van der Waals surface area contributed by atoms with Crippen LogP contribution in [0.5, 0.6) is 5.75 Å². The van der Waals surface area contributed by atoms with Gasteiger partial charge in [0, 0.05) is 12.4 Å². The number of nitrogens with zero attached hydrogens (tertiary/aromatic N) is 1. The van der Waals surface area contributed by atoms with Crippen LogP contribution < -0.4 is 10.6 Å². The molecule has 0 atom stereocenters. The van der Waals surface area contributed by atoms with Gasteiger partial charge in [0.15, 0.2) is 0 Å². The number of nitrogens with two attached hydrogens (primary N) is 1. The lowest BCUT2D eigenvalue weighted by Gasteiger charge is -2.03. The third-order valence-corrected chi connectivity index (χ3v) is 1.33. The number of aromatic nitrogens is 1. The van der Waals surface area contributed by atoms with Crippen molar-refractivity contribution < 1.29 is 14.4 Å². The highest BCUT2D eigenvalue weighted by molar-refractivity contribution is 5.91. The van der Waals surface area contributed by atoms with Crippen LogP contribution in [0.1, 0.15) is 10.4 Å². The van der Waals surface area contributed by atoms with Crippen LogP contribution in [-0.4, -0.2) is 18.1 Å². The van der Waals surface area contributed by atoms with E-state index in [2.05, 4.69) is 9.82 Å². The minimum Gasteiger partial charge on any atom is -0.496 e. The van der Waals surface area contributed by atoms with Gasteiger partial charge < -0.3 is 9.57 Å². The topological polar surface area (TPSA) is 74.4 Å². The van der Waals surface area contributed by atoms with Crippen LogP contribution in [0, 0.1) is 0 Å². The van der Waals surface area contributed by atoms with E-state index < -0.39 is 5.97 Å². The molecule has 0 spiro atoms. The Hall–Kier alpha value is -1.62. The first-order valence-electron chi connectivity index (χ1n) is 3.18. The Kier molecular flexibility index (Phi) is 2.60. The second kappa shape index (κ2) is 3.68. The van der Waals surface area contributed by atoms with Crippen molar-refractivity contribution in [1.29, 1.82) is 0 Å². The van der Waals surface area contributed by atoms with Crippen molar-refractivity contribution in [2.45, 2.75) is 0 Å². The number of hydrogen-bond acceptors (Lipinski definition) is 5. The fourth-order valence-electron chi connectivity index (χ4n) is 0.776. The zero-order chi connectivity index (χ0) is 8.97. The van der Waals surface area contributed by atoms with E-state index in [0.29, 0.717) is 5.75 Å². The second-order valence-corrected chi connectivity index (χ2v) is 1.98. The monoisotopic (exact) mass is 168 g/mol. The first-order chi connectivity index (χ1) is 5.79. The van der Waals surface area contributed by atoms with Crippen LogP contribution in [0.15, 0.2) is 18.5 Å². The summed E-state index contributed by atoms with van der Waals surface area (Å²) in [5.41, 5.74) is 0.211. The van der Waals surface area contributed by atoms with Gasteiger partial charge >= 0.3 is 5.97 Å². The van der Waals surface area contributed by atoms with Crippen LogP contribution >= 0.6 is 0 Å². The van der Waals surface area contributed by atoms with E-state index in [9.17, 15) is 4.79 Å². The first kappa shape index (κ1) is 8.48. The Bertz CT molecular complexity index is 288. The summed E-state index contributed by atoms with van der Waals surface area (Å²) < 4.78 is 4.87. The minimum absolute atomic E-state index is 0.211. The average Bonchev–Trinajstić information content (AvgIpc) is 2.16. The van der Waals surface area contributed by atoms with E-state index in [-0.39, 0.29) is 5.56 Å². The van der Waals surface area contributed by atoms with Crippen LogP contribution in [0.25, 0.3) is 0 Å². The molecule has 0 aliphatic heterocycles. The average molecular weight is 168 g/mol. The fraction of sp³-hybridized carbons (Fsp3) is 0.143. The van der Waals surface area contributed by atoms with Gasteiger partial charge in [-0.15, -0.1) is 0 Å². The summed E-state index contributed by atoms with van der Waals surface area (Å²) in [5, 5.41) is 0. The van der Waals surface area contributed by atoms with Crippen molar-refractivity contribution in [3.63, 3.8) is 0 Å². The first-order valence-corrected chi connectivity index (χ1v) is 3.18. The molecule has 1 aromatic rings. The third kappa shape index (κ3) is 1.51. The molecule has 0 fully saturated rings. The van der Waals surface area contributed by atoms with E-state index in [1.54, 1.807) is 6.07 Å². The lowest BCUT2D eigenvalue weighted by atomic mass is 10.2. The number of pyridine rings is 1. The Morgan fingerprint density at radius 1 is 1.67 bits per heavy atom. The Morgan fingerprint density at radius 3 is 3.00 bits per heavy atom. The molecule has 1 rings (SSSR count). The van der Waals surface area contributed by atoms with Crippen LogP contribution in [0.4, 0.5) is 0 Å². The molecule has 1 heterocycles. The molecule has 2 N–H and O–H groups in total. The molecule has 0 amide bonds. The zero-order valence-electron chi connectivity index (χ0n) is 6.48. The van der Waals surface area contributed by atoms with Crippen molar-refractivity contribution in [1.82, 2.24) is 4.98 Å². The zero-order valence-corrected chi connectivity index (χ0v) is 6.48. The molecular formula is C7H8N2O3. The van der Waals surface area contributed by atoms with Gasteiger partial charge in [0.2, 0.25) is 0 Å². The van der Waals surface area contributed by atoms with Crippen LogP contribution in [-0.2, 0) is 4.84 Å². The van der Waals surface area contributed by atoms with Crippen molar-refractivity contribution in [3.8, 4) is 5.75 Å². The molecule has 12 heavy (non-hydrogen) atoms. The standard InChI is InChI=1S/C7H8N2O3/c1-11-6-2-3-9-4-5(6)7(10)12-8/h2-4H,8H2,1H3. The molecule has 5 nitrogen and oxygen atoms in total. The van der Waals surface area contributed by atoms with Gasteiger partial charge in [-0.1, -0.05) is 0 Å². The van der Waals surface area contributed by atoms with E-state index in [4.69, 9.17) is 10.6 Å². The molecule has 0 aliphatic carbocycles. The quantitative estimate of drug-likeness (QED) is 0.635. The van der Waals surface area contributed by atoms with E-state index in [1.807, 2.05) is 0 Å².